The first-order chi connectivity index (χ1) is 14.0. The Morgan fingerprint density at radius 2 is 1.83 bits per heavy atom. The minimum absolute atomic E-state index is 0.0458. The lowest BCUT2D eigenvalue weighted by molar-refractivity contribution is 0.0962. The number of ketones is 2. The first kappa shape index (κ1) is 20.2. The molecule has 0 N–H and O–H groups in total. The Morgan fingerprint density at radius 3 is 2.55 bits per heavy atom. The first-order valence-corrected chi connectivity index (χ1v) is 9.54. The molecule has 0 unspecified atom stereocenters. The number of Topliss-reactive ketones (excluding diaryl/α,β-unsaturated/α-hetero) is 2. The number of carbonyl (C=O) groups excluding carboxylic acids is 2. The standard InChI is InChI=1S/C23H22N4O2/c1-16(2)11-23(29)21-8-4-7-20(26-21)22(28)10-9-18-14-25-27(15-18)19-6-3-5-17(12-19)13-24/h3-8,12,14-16H,9-11H2,1-2H3. The summed E-state index contributed by atoms with van der Waals surface area (Å²) in [6.07, 6.45) is 4.76. The maximum atomic E-state index is 12.5. The number of nitriles is 1. The van der Waals surface area contributed by atoms with Gasteiger partial charge in [0.2, 0.25) is 0 Å². The van der Waals surface area contributed by atoms with Gasteiger partial charge in [0.05, 0.1) is 23.5 Å². The topological polar surface area (TPSA) is 88.6 Å². The highest BCUT2D eigenvalue weighted by molar-refractivity contribution is 5.98. The summed E-state index contributed by atoms with van der Waals surface area (Å²) in [7, 11) is 0. The number of aryl methyl sites for hydroxylation is 1. The highest BCUT2D eigenvalue weighted by Gasteiger charge is 2.14. The smallest absolute Gasteiger partial charge is 0.181 e. The average molecular weight is 386 g/mol. The molecule has 0 aliphatic heterocycles. The number of rotatable bonds is 8. The van der Waals surface area contributed by atoms with Gasteiger partial charge in [-0.2, -0.15) is 10.4 Å². The van der Waals surface area contributed by atoms with E-state index in [9.17, 15) is 9.59 Å². The van der Waals surface area contributed by atoms with Crippen LogP contribution in [0.3, 0.4) is 0 Å². The number of carbonyl (C=O) groups is 2. The Kier molecular flexibility index (Phi) is 6.30. The van der Waals surface area contributed by atoms with Crippen LogP contribution in [0.25, 0.3) is 5.69 Å². The molecule has 3 rings (SSSR count). The minimum atomic E-state index is -0.108. The van der Waals surface area contributed by atoms with Gasteiger partial charge in [0.25, 0.3) is 0 Å². The zero-order chi connectivity index (χ0) is 20.8. The van der Waals surface area contributed by atoms with Crippen molar-refractivity contribution in [2.75, 3.05) is 0 Å². The molecule has 6 nitrogen and oxygen atoms in total. The molecule has 0 aliphatic carbocycles. The number of aromatic nitrogens is 3. The second kappa shape index (κ2) is 9.07. The van der Waals surface area contributed by atoms with Crippen molar-refractivity contribution >= 4 is 11.6 Å². The molecule has 0 aliphatic rings. The lowest BCUT2D eigenvalue weighted by atomic mass is 10.0. The van der Waals surface area contributed by atoms with Crippen molar-refractivity contribution in [2.24, 2.45) is 5.92 Å². The van der Waals surface area contributed by atoms with Gasteiger partial charge in [0, 0.05) is 19.0 Å². The van der Waals surface area contributed by atoms with Crippen LogP contribution in [-0.2, 0) is 6.42 Å². The van der Waals surface area contributed by atoms with Crippen molar-refractivity contribution in [3.05, 3.63) is 77.4 Å². The van der Waals surface area contributed by atoms with E-state index in [0.29, 0.717) is 29.8 Å². The predicted octanol–water partition coefficient (Wildman–Crippen LogP) is 4.18. The Balaban J connectivity index is 1.65. The molecule has 29 heavy (non-hydrogen) atoms. The maximum absolute atomic E-state index is 12.5. The molecular formula is C23H22N4O2. The lowest BCUT2D eigenvalue weighted by Gasteiger charge is -2.05. The van der Waals surface area contributed by atoms with Gasteiger partial charge in [-0.15, -0.1) is 0 Å². The second-order valence-electron chi connectivity index (χ2n) is 7.31. The highest BCUT2D eigenvalue weighted by atomic mass is 16.1. The van der Waals surface area contributed by atoms with Crippen LogP contribution in [0.2, 0.25) is 0 Å². The van der Waals surface area contributed by atoms with Gasteiger partial charge < -0.3 is 0 Å². The highest BCUT2D eigenvalue weighted by Crippen LogP contribution is 2.13. The SMILES string of the molecule is CC(C)CC(=O)c1cccc(C(=O)CCc2cnn(-c3cccc(C#N)c3)c2)n1. The minimum Gasteiger partial charge on any atom is -0.292 e. The first-order valence-electron chi connectivity index (χ1n) is 9.54. The summed E-state index contributed by atoms with van der Waals surface area (Å²) < 4.78 is 1.68. The van der Waals surface area contributed by atoms with Gasteiger partial charge in [-0.25, -0.2) is 9.67 Å². The molecule has 0 radical (unpaired) electrons. The molecule has 0 saturated heterocycles. The molecule has 0 bridgehead atoms. The normalized spacial score (nSPS) is 10.7. The van der Waals surface area contributed by atoms with E-state index in [2.05, 4.69) is 16.2 Å². The molecule has 0 fully saturated rings. The van der Waals surface area contributed by atoms with Crippen molar-refractivity contribution in [1.29, 1.82) is 5.26 Å². The molecule has 0 amide bonds. The Morgan fingerprint density at radius 1 is 1.10 bits per heavy atom. The van der Waals surface area contributed by atoms with Gasteiger partial charge in [-0.05, 0) is 48.2 Å². The summed E-state index contributed by atoms with van der Waals surface area (Å²) in [5.41, 5.74) is 2.92. The molecule has 2 heterocycles. The number of hydrogen-bond donors (Lipinski definition) is 0. The lowest BCUT2D eigenvalue weighted by Crippen LogP contribution is -2.10. The van der Waals surface area contributed by atoms with Crippen LogP contribution >= 0.6 is 0 Å². The zero-order valence-corrected chi connectivity index (χ0v) is 16.5. The molecular weight excluding hydrogens is 364 g/mol. The van der Waals surface area contributed by atoms with E-state index >= 15 is 0 Å². The quantitative estimate of drug-likeness (QED) is 0.542. The van der Waals surface area contributed by atoms with E-state index in [1.165, 1.54) is 0 Å². The van der Waals surface area contributed by atoms with E-state index < -0.39 is 0 Å². The average Bonchev–Trinajstić information content (AvgIpc) is 3.21. The number of hydrogen-bond acceptors (Lipinski definition) is 5. The van der Waals surface area contributed by atoms with Crippen LogP contribution in [0.5, 0.6) is 0 Å². The van der Waals surface area contributed by atoms with Gasteiger partial charge in [0.1, 0.15) is 11.4 Å². The summed E-state index contributed by atoms with van der Waals surface area (Å²) in [6, 6.07) is 14.3. The van der Waals surface area contributed by atoms with Crippen molar-refractivity contribution in [3.8, 4) is 11.8 Å². The molecule has 3 aromatic rings. The fourth-order valence-electron chi connectivity index (χ4n) is 2.95. The largest absolute Gasteiger partial charge is 0.292 e. The number of pyridine rings is 1. The fraction of sp³-hybridized carbons (Fsp3) is 0.261. The van der Waals surface area contributed by atoms with Crippen LogP contribution in [0, 0.1) is 17.2 Å². The maximum Gasteiger partial charge on any atom is 0.181 e. The van der Waals surface area contributed by atoms with E-state index in [4.69, 9.17) is 5.26 Å². The molecule has 1 aromatic carbocycles. The Labute approximate surface area is 169 Å². The van der Waals surface area contributed by atoms with Crippen LogP contribution in [0.1, 0.15) is 58.8 Å². The van der Waals surface area contributed by atoms with E-state index in [1.807, 2.05) is 26.1 Å². The Bertz CT molecular complexity index is 1080. The fourth-order valence-corrected chi connectivity index (χ4v) is 2.95. The summed E-state index contributed by atoms with van der Waals surface area (Å²) in [4.78, 5) is 29.0. The van der Waals surface area contributed by atoms with Crippen molar-refractivity contribution < 1.29 is 9.59 Å². The van der Waals surface area contributed by atoms with E-state index in [0.717, 1.165) is 11.3 Å². The third-order valence-electron chi connectivity index (χ3n) is 4.43. The van der Waals surface area contributed by atoms with Crippen LogP contribution in [-0.4, -0.2) is 26.3 Å². The van der Waals surface area contributed by atoms with Crippen LogP contribution < -0.4 is 0 Å². The van der Waals surface area contributed by atoms with Gasteiger partial charge >= 0.3 is 0 Å². The molecule has 0 atom stereocenters. The van der Waals surface area contributed by atoms with Crippen LogP contribution in [0.4, 0.5) is 0 Å². The Hall–Kier alpha value is -3.59. The van der Waals surface area contributed by atoms with Gasteiger partial charge in [-0.1, -0.05) is 26.0 Å². The summed E-state index contributed by atoms with van der Waals surface area (Å²) in [5.74, 6) is 0.0907. The van der Waals surface area contributed by atoms with E-state index in [1.54, 1.807) is 47.3 Å². The molecule has 2 aromatic heterocycles. The van der Waals surface area contributed by atoms with Gasteiger partial charge in [0.15, 0.2) is 11.6 Å². The molecule has 0 saturated carbocycles. The number of nitrogens with zero attached hydrogens (tertiary/aromatic N) is 4. The van der Waals surface area contributed by atoms with Crippen molar-refractivity contribution in [1.82, 2.24) is 14.8 Å². The molecule has 0 spiro atoms. The van der Waals surface area contributed by atoms with E-state index in [-0.39, 0.29) is 23.9 Å². The summed E-state index contributed by atoms with van der Waals surface area (Å²) >= 11 is 0. The van der Waals surface area contributed by atoms with Crippen molar-refractivity contribution in [3.63, 3.8) is 0 Å². The van der Waals surface area contributed by atoms with Gasteiger partial charge in [-0.3, -0.25) is 9.59 Å². The van der Waals surface area contributed by atoms with Crippen LogP contribution in [0.15, 0.2) is 54.9 Å². The molecule has 146 valence electrons. The summed E-state index contributed by atoms with van der Waals surface area (Å²) in [6.45, 7) is 3.95. The molecule has 6 heteroatoms. The monoisotopic (exact) mass is 386 g/mol. The zero-order valence-electron chi connectivity index (χ0n) is 16.5. The third-order valence-corrected chi connectivity index (χ3v) is 4.43. The third kappa shape index (κ3) is 5.23. The predicted molar refractivity (Wildman–Crippen MR) is 109 cm³/mol. The summed E-state index contributed by atoms with van der Waals surface area (Å²) in [5, 5.41) is 13.3. The van der Waals surface area contributed by atoms with Crippen molar-refractivity contribution in [2.45, 2.75) is 33.1 Å². The second-order valence-corrected chi connectivity index (χ2v) is 7.31. The number of benzene rings is 1.